The van der Waals surface area contributed by atoms with Crippen molar-refractivity contribution in [3.63, 3.8) is 0 Å². The Hall–Kier alpha value is -2.09. The summed E-state index contributed by atoms with van der Waals surface area (Å²) in [7, 11) is -3.09. The highest BCUT2D eigenvalue weighted by atomic mass is 31.2. The number of aromatic nitrogens is 3. The lowest BCUT2D eigenvalue weighted by atomic mass is 10.3. The van der Waals surface area contributed by atoms with E-state index < -0.39 is 12.5 Å². The first-order valence-corrected chi connectivity index (χ1v) is 8.43. The number of nitro benzene ring substituents is 1. The molecule has 22 heavy (non-hydrogen) atoms. The van der Waals surface area contributed by atoms with Gasteiger partial charge in [0.2, 0.25) is 0 Å². The van der Waals surface area contributed by atoms with E-state index >= 15 is 0 Å². The second kappa shape index (κ2) is 6.78. The smallest absolute Gasteiger partial charge is 0.309 e. The number of benzene rings is 1. The van der Waals surface area contributed by atoms with Crippen LogP contribution in [0.5, 0.6) is 0 Å². The topological polar surface area (TPSA) is 109 Å². The molecule has 1 aromatic heterocycles. The van der Waals surface area contributed by atoms with Gasteiger partial charge in [-0.1, -0.05) is 5.21 Å². The number of non-ortho nitro benzene ring substituents is 1. The normalized spacial score (nSPS) is 13.7. The van der Waals surface area contributed by atoms with Gasteiger partial charge >= 0.3 is 7.60 Å². The molecular formula is C12H15N4O5P. The lowest BCUT2D eigenvalue weighted by molar-refractivity contribution is -0.384. The van der Waals surface area contributed by atoms with Crippen molar-refractivity contribution < 1.29 is 18.5 Å². The van der Waals surface area contributed by atoms with E-state index in [4.69, 9.17) is 9.05 Å². The van der Waals surface area contributed by atoms with Crippen molar-refractivity contribution in [3.8, 4) is 5.69 Å². The largest absolute Gasteiger partial charge is 0.328 e. The molecule has 0 radical (unpaired) electrons. The van der Waals surface area contributed by atoms with Gasteiger partial charge in [-0.25, -0.2) is 4.68 Å². The van der Waals surface area contributed by atoms with E-state index in [1.807, 2.05) is 0 Å². The van der Waals surface area contributed by atoms with Crippen LogP contribution in [0.4, 0.5) is 5.69 Å². The summed E-state index contributed by atoms with van der Waals surface area (Å²) in [5, 5.41) is 18.4. The van der Waals surface area contributed by atoms with Gasteiger partial charge in [0.05, 0.1) is 23.4 Å². The third kappa shape index (κ3) is 4.20. The second-order valence-electron chi connectivity index (χ2n) is 4.39. The summed E-state index contributed by atoms with van der Waals surface area (Å²) in [5.74, 6) is 0. The third-order valence-corrected chi connectivity index (χ3v) is 4.00. The molecule has 0 saturated heterocycles. The maximum absolute atomic E-state index is 11.8. The van der Waals surface area contributed by atoms with Crippen LogP contribution in [0.15, 0.2) is 30.5 Å². The maximum atomic E-state index is 11.8. The molecule has 1 heterocycles. The van der Waals surface area contributed by atoms with Gasteiger partial charge in [-0.15, -0.1) is 5.10 Å². The molecule has 0 aliphatic rings. The predicted octanol–water partition coefficient (Wildman–Crippen LogP) is 2.55. The van der Waals surface area contributed by atoms with Gasteiger partial charge < -0.3 is 9.05 Å². The molecule has 0 fully saturated rings. The number of nitro groups is 1. The molecule has 0 saturated carbocycles. The van der Waals surface area contributed by atoms with E-state index in [1.165, 1.54) is 23.5 Å². The highest BCUT2D eigenvalue weighted by Crippen LogP contribution is 2.44. The number of rotatable bonds is 7. The SMILES string of the molecule is CCOP(C)(=O)OCc1cn(-c2ccc([N+](=O)[O-])cc2)nn1. The monoisotopic (exact) mass is 326 g/mol. The first-order valence-electron chi connectivity index (χ1n) is 6.44. The van der Waals surface area contributed by atoms with Crippen LogP contribution < -0.4 is 0 Å². The molecule has 2 rings (SSSR count). The van der Waals surface area contributed by atoms with Gasteiger partial charge in [0.15, 0.2) is 0 Å². The molecule has 10 heteroatoms. The van der Waals surface area contributed by atoms with Crippen molar-refractivity contribution in [2.24, 2.45) is 0 Å². The molecule has 2 aromatic rings. The Bertz CT molecular complexity index is 700. The van der Waals surface area contributed by atoms with Gasteiger partial charge in [-0.2, -0.15) is 0 Å². The summed E-state index contributed by atoms with van der Waals surface area (Å²) in [6.45, 7) is 3.41. The lowest BCUT2D eigenvalue weighted by Crippen LogP contribution is -1.96. The fourth-order valence-electron chi connectivity index (χ4n) is 1.67. The van der Waals surface area contributed by atoms with E-state index in [0.717, 1.165) is 0 Å². The zero-order valence-corrected chi connectivity index (χ0v) is 13.0. The molecule has 9 nitrogen and oxygen atoms in total. The molecule has 0 N–H and O–H groups in total. The Morgan fingerprint density at radius 2 is 2.00 bits per heavy atom. The third-order valence-electron chi connectivity index (χ3n) is 2.68. The average molecular weight is 326 g/mol. The lowest BCUT2D eigenvalue weighted by Gasteiger charge is -2.11. The van der Waals surface area contributed by atoms with Crippen LogP contribution in [0, 0.1) is 10.1 Å². The van der Waals surface area contributed by atoms with Crippen LogP contribution in [0.25, 0.3) is 5.69 Å². The molecule has 0 aliphatic carbocycles. The summed E-state index contributed by atoms with van der Waals surface area (Å²) in [4.78, 5) is 10.1. The highest BCUT2D eigenvalue weighted by molar-refractivity contribution is 7.52. The predicted molar refractivity (Wildman–Crippen MR) is 78.0 cm³/mol. The van der Waals surface area contributed by atoms with E-state index in [-0.39, 0.29) is 12.3 Å². The Labute approximate surface area is 126 Å². The Morgan fingerprint density at radius 1 is 1.32 bits per heavy atom. The van der Waals surface area contributed by atoms with Gasteiger partial charge in [0, 0.05) is 18.8 Å². The Balaban J connectivity index is 2.05. The van der Waals surface area contributed by atoms with Crippen molar-refractivity contribution in [2.75, 3.05) is 13.3 Å². The summed E-state index contributed by atoms with van der Waals surface area (Å²) in [5.41, 5.74) is 1.09. The molecule has 118 valence electrons. The van der Waals surface area contributed by atoms with Crippen molar-refractivity contribution in [1.29, 1.82) is 0 Å². The molecular weight excluding hydrogens is 311 g/mol. The summed E-state index contributed by atoms with van der Waals surface area (Å²) < 4.78 is 23.4. The fraction of sp³-hybridized carbons (Fsp3) is 0.333. The van der Waals surface area contributed by atoms with Crippen LogP contribution in [0.1, 0.15) is 12.6 Å². The van der Waals surface area contributed by atoms with Crippen LogP contribution in [0.2, 0.25) is 0 Å². The number of hydrogen-bond donors (Lipinski definition) is 0. The van der Waals surface area contributed by atoms with E-state index in [1.54, 1.807) is 25.3 Å². The van der Waals surface area contributed by atoms with E-state index in [9.17, 15) is 14.7 Å². The van der Waals surface area contributed by atoms with Crippen molar-refractivity contribution in [3.05, 3.63) is 46.3 Å². The summed E-state index contributed by atoms with van der Waals surface area (Å²) in [6, 6.07) is 5.87. The molecule has 1 aromatic carbocycles. The van der Waals surface area contributed by atoms with Crippen molar-refractivity contribution in [1.82, 2.24) is 15.0 Å². The zero-order valence-electron chi connectivity index (χ0n) is 12.1. The van der Waals surface area contributed by atoms with E-state index in [0.29, 0.717) is 18.0 Å². The zero-order chi connectivity index (χ0) is 16.2. The molecule has 0 aliphatic heterocycles. The quantitative estimate of drug-likeness (QED) is 0.437. The Morgan fingerprint density at radius 3 is 2.59 bits per heavy atom. The second-order valence-corrected chi connectivity index (χ2v) is 6.45. The van der Waals surface area contributed by atoms with Crippen molar-refractivity contribution in [2.45, 2.75) is 13.5 Å². The van der Waals surface area contributed by atoms with E-state index in [2.05, 4.69) is 10.3 Å². The van der Waals surface area contributed by atoms with Crippen LogP contribution in [0.3, 0.4) is 0 Å². The standard InChI is InChI=1S/C12H15N4O5P/c1-3-20-22(2,19)21-9-10-8-15(14-13-10)11-4-6-12(7-5-11)16(17)18/h4-8H,3,9H2,1-2H3. The molecule has 0 spiro atoms. The Kier molecular flexibility index (Phi) is 5.02. The fourth-order valence-corrected chi connectivity index (χ4v) is 2.58. The van der Waals surface area contributed by atoms with Gasteiger partial charge in [0.25, 0.3) is 5.69 Å². The summed E-state index contributed by atoms with van der Waals surface area (Å²) in [6.07, 6.45) is 1.59. The molecule has 0 amide bonds. The van der Waals surface area contributed by atoms with Crippen LogP contribution >= 0.6 is 7.60 Å². The number of nitrogens with zero attached hydrogens (tertiary/aromatic N) is 4. The van der Waals surface area contributed by atoms with Gasteiger partial charge in [-0.05, 0) is 19.1 Å². The van der Waals surface area contributed by atoms with Crippen LogP contribution in [-0.4, -0.2) is 33.2 Å². The molecule has 0 bridgehead atoms. The number of hydrogen-bond acceptors (Lipinski definition) is 7. The minimum absolute atomic E-state index is 0.000753. The maximum Gasteiger partial charge on any atom is 0.328 e. The first kappa shape index (κ1) is 16.3. The van der Waals surface area contributed by atoms with Gasteiger partial charge in [0.1, 0.15) is 12.3 Å². The highest BCUT2D eigenvalue weighted by Gasteiger charge is 2.17. The molecule has 1 unspecified atom stereocenters. The minimum Gasteiger partial charge on any atom is -0.309 e. The molecule has 1 atom stereocenters. The average Bonchev–Trinajstić information content (AvgIpc) is 2.94. The summed E-state index contributed by atoms with van der Waals surface area (Å²) >= 11 is 0. The van der Waals surface area contributed by atoms with Crippen LogP contribution in [-0.2, 0) is 20.2 Å². The van der Waals surface area contributed by atoms with Gasteiger partial charge in [-0.3, -0.25) is 14.7 Å². The van der Waals surface area contributed by atoms with Crippen molar-refractivity contribution >= 4 is 13.3 Å². The first-order chi connectivity index (χ1) is 10.4. The minimum atomic E-state index is -3.09.